The smallest absolute Gasteiger partial charge is 0.394 e. The van der Waals surface area contributed by atoms with E-state index in [1.165, 1.54) is 20.0 Å². The molecule has 0 spiro atoms. The molecule has 5 saturated carbocycles. The molecule has 5 fully saturated rings. The zero-order valence-corrected chi connectivity index (χ0v) is 29.0. The fourth-order valence-electron chi connectivity index (χ4n) is 5.41. The second kappa shape index (κ2) is 14.8. The molecule has 252 valence electrons. The second-order valence-corrected chi connectivity index (χ2v) is 15.5. The Morgan fingerprint density at radius 2 is 1.21 bits per heavy atom. The van der Waals surface area contributed by atoms with E-state index in [1.807, 2.05) is 0 Å². The molecule has 0 amide bonds. The summed E-state index contributed by atoms with van der Waals surface area (Å²) in [5.41, 5.74) is -1.22. The van der Waals surface area contributed by atoms with Gasteiger partial charge in [0.05, 0.1) is 35.0 Å². The van der Waals surface area contributed by atoms with Gasteiger partial charge in [0.25, 0.3) is 0 Å². The minimum Gasteiger partial charge on any atom is -0.469 e. The van der Waals surface area contributed by atoms with Gasteiger partial charge in [0.15, 0.2) is 0 Å². The van der Waals surface area contributed by atoms with Crippen LogP contribution in [0.3, 0.4) is 0 Å². The first-order valence-corrected chi connectivity index (χ1v) is 16.5. The highest BCUT2D eigenvalue weighted by atomic mass is 19.4. The molecule has 0 bridgehead atoms. The molecule has 5 aliphatic rings. The molecule has 0 aromatic rings. The molecule has 8 heteroatoms. The first-order chi connectivity index (χ1) is 19.6. The van der Waals surface area contributed by atoms with E-state index in [4.69, 9.17) is 15.1 Å². The summed E-state index contributed by atoms with van der Waals surface area (Å²) in [6.07, 6.45) is 5.47. The van der Waals surface area contributed by atoms with Crippen molar-refractivity contribution in [2.24, 2.45) is 51.2 Å². The van der Waals surface area contributed by atoms with Gasteiger partial charge in [-0.3, -0.25) is 4.79 Å². The number of ether oxygens (including phenoxy) is 1. The summed E-state index contributed by atoms with van der Waals surface area (Å²) in [5, 5.41) is 26.6. The first kappa shape index (κ1) is 39.7. The third kappa shape index (κ3) is 10.3. The van der Waals surface area contributed by atoms with Crippen LogP contribution in [0, 0.1) is 62.6 Å². The maximum absolute atomic E-state index is 12.1. The quantitative estimate of drug-likeness (QED) is 0.278. The van der Waals surface area contributed by atoms with E-state index < -0.39 is 11.6 Å². The van der Waals surface area contributed by atoms with Crippen molar-refractivity contribution in [1.82, 2.24) is 0 Å². The summed E-state index contributed by atoms with van der Waals surface area (Å²) in [4.78, 5) is 11.1. The first-order valence-electron chi connectivity index (χ1n) is 16.5. The van der Waals surface area contributed by atoms with Gasteiger partial charge in [-0.2, -0.15) is 18.4 Å². The molecule has 0 heterocycles. The van der Waals surface area contributed by atoms with Crippen molar-refractivity contribution < 1.29 is 32.9 Å². The van der Waals surface area contributed by atoms with Gasteiger partial charge in [0, 0.05) is 6.61 Å². The average molecular weight is 618 g/mol. The highest BCUT2D eigenvalue weighted by Crippen LogP contribution is 2.62. The van der Waals surface area contributed by atoms with E-state index in [0.717, 1.165) is 38.5 Å². The third-order valence-electron chi connectivity index (χ3n) is 11.3. The lowest BCUT2D eigenvalue weighted by atomic mass is 9.92. The Kier molecular flexibility index (Phi) is 13.7. The molecule has 0 unspecified atom stereocenters. The molecule has 5 rings (SSSR count). The van der Waals surface area contributed by atoms with Gasteiger partial charge in [0.2, 0.25) is 0 Å². The van der Waals surface area contributed by atoms with E-state index in [9.17, 15) is 23.1 Å². The summed E-state index contributed by atoms with van der Waals surface area (Å²) in [6.45, 7) is 20.6. The zero-order chi connectivity index (χ0) is 33.7. The Hall–Kier alpha value is -1.33. The van der Waals surface area contributed by atoms with E-state index in [-0.39, 0.29) is 28.3 Å². The Morgan fingerprint density at radius 3 is 1.23 bits per heavy atom. The van der Waals surface area contributed by atoms with Gasteiger partial charge in [0.1, 0.15) is 0 Å². The minimum atomic E-state index is -3.97. The molecule has 0 atom stereocenters. The van der Waals surface area contributed by atoms with Crippen LogP contribution in [0.2, 0.25) is 0 Å². The fourth-order valence-corrected chi connectivity index (χ4v) is 5.41. The lowest BCUT2D eigenvalue weighted by molar-refractivity contribution is -0.199. The van der Waals surface area contributed by atoms with Gasteiger partial charge in [-0.25, -0.2) is 0 Å². The van der Waals surface area contributed by atoms with Crippen LogP contribution < -0.4 is 0 Å². The number of nitrogens with zero attached hydrogens (tertiary/aromatic N) is 1. The number of hydrogen-bond acceptors (Lipinski definition) is 5. The Labute approximate surface area is 260 Å². The van der Waals surface area contributed by atoms with Gasteiger partial charge in [-0.1, -0.05) is 69.2 Å². The summed E-state index contributed by atoms with van der Waals surface area (Å²) < 4.78 is 41.1. The normalized spacial score (nSPS) is 23.2. The van der Waals surface area contributed by atoms with E-state index in [2.05, 4.69) is 61.5 Å². The number of alkyl halides is 3. The third-order valence-corrected chi connectivity index (χ3v) is 11.3. The van der Waals surface area contributed by atoms with Crippen molar-refractivity contribution >= 4 is 5.97 Å². The lowest BCUT2D eigenvalue weighted by Crippen LogP contribution is -2.29. The number of nitriles is 1. The second-order valence-electron chi connectivity index (χ2n) is 15.5. The Morgan fingerprint density at radius 1 is 0.744 bits per heavy atom. The van der Waals surface area contributed by atoms with Crippen LogP contribution in [0.4, 0.5) is 13.2 Å². The molecule has 5 nitrogen and oxygen atoms in total. The molecule has 0 aromatic heterocycles. The summed E-state index contributed by atoms with van der Waals surface area (Å²) in [5.74, 6) is 1.85. The minimum absolute atomic E-state index is 0.0255. The van der Waals surface area contributed by atoms with Gasteiger partial charge < -0.3 is 14.9 Å². The fraction of sp³-hybridized carbons (Fsp3) is 0.943. The van der Waals surface area contributed by atoms with Crippen molar-refractivity contribution in [3.05, 3.63) is 0 Å². The number of hydrogen-bond donors (Lipinski definition) is 2. The molecule has 43 heavy (non-hydrogen) atoms. The van der Waals surface area contributed by atoms with Crippen molar-refractivity contribution in [3.63, 3.8) is 0 Å². The van der Waals surface area contributed by atoms with Crippen molar-refractivity contribution in [2.45, 2.75) is 145 Å². The number of rotatable bonds is 7. The lowest BCUT2D eigenvalue weighted by Gasteiger charge is -2.22. The zero-order valence-electron chi connectivity index (χ0n) is 29.0. The largest absolute Gasteiger partial charge is 0.469 e. The van der Waals surface area contributed by atoms with Crippen LogP contribution >= 0.6 is 0 Å². The average Bonchev–Trinajstić information content (AvgIpc) is 3.76. The number of halogens is 3. The standard InChI is InChI=1S/C8H14O2.C7H11F3.C7H11N.C7H14O.C6H12O/c1-6(2)8(4-5-8)7(9)10-3;1-5(2)6(3-4-6)7(8,9)10;2*1-6(2)7(5-8)3-4-7;1-5(2)6(7)3-4-6/h6H,4-5H2,1-3H3;5H,3-4H2,1-2H3;6H,3-4H2,1-2H3;6,8H,3-5H2,1-2H3;5,7H,3-4H2,1-2H3. The predicted molar refractivity (Wildman–Crippen MR) is 166 cm³/mol. The van der Waals surface area contributed by atoms with E-state index in [0.29, 0.717) is 48.5 Å². The maximum atomic E-state index is 12.1. The van der Waals surface area contributed by atoms with Crippen molar-refractivity contribution in [1.29, 1.82) is 5.26 Å². The van der Waals surface area contributed by atoms with Gasteiger partial charge >= 0.3 is 12.1 Å². The van der Waals surface area contributed by atoms with Crippen molar-refractivity contribution in [3.8, 4) is 6.07 Å². The molecule has 0 aromatic carbocycles. The van der Waals surface area contributed by atoms with Gasteiger partial charge in [-0.05, 0) is 99.2 Å². The van der Waals surface area contributed by atoms with Crippen LogP contribution in [-0.4, -0.2) is 41.7 Å². The summed E-state index contributed by atoms with van der Waals surface area (Å²) >= 11 is 0. The van der Waals surface area contributed by atoms with E-state index >= 15 is 0 Å². The van der Waals surface area contributed by atoms with Gasteiger partial charge in [-0.15, -0.1) is 0 Å². The highest BCUT2D eigenvalue weighted by Gasteiger charge is 2.64. The molecule has 0 radical (unpaired) electrons. The van der Waals surface area contributed by atoms with Crippen LogP contribution in [0.15, 0.2) is 0 Å². The number of aliphatic hydroxyl groups excluding tert-OH is 1. The number of aliphatic hydroxyl groups is 2. The van der Waals surface area contributed by atoms with Crippen LogP contribution in [0.5, 0.6) is 0 Å². The Bertz CT molecular complexity index is 912. The molecule has 5 aliphatic carbocycles. The van der Waals surface area contributed by atoms with Crippen LogP contribution in [-0.2, 0) is 9.53 Å². The molecular weight excluding hydrogens is 555 g/mol. The number of methoxy groups -OCH3 is 1. The predicted octanol–water partition coefficient (Wildman–Crippen LogP) is 9.11. The van der Waals surface area contributed by atoms with Crippen LogP contribution in [0.25, 0.3) is 0 Å². The number of esters is 1. The topological polar surface area (TPSA) is 90.6 Å². The molecular formula is C35H62F3NO4. The maximum Gasteiger partial charge on any atom is 0.394 e. The van der Waals surface area contributed by atoms with E-state index in [1.54, 1.807) is 13.8 Å². The number of carbonyl (C=O) groups excluding carboxylic acids is 1. The monoisotopic (exact) mass is 617 g/mol. The van der Waals surface area contributed by atoms with Crippen LogP contribution in [0.1, 0.15) is 133 Å². The molecule has 0 saturated heterocycles. The summed E-state index contributed by atoms with van der Waals surface area (Å²) in [6, 6.07) is 2.35. The SMILES string of the molecule is CC(C)C1(C#N)CC1.CC(C)C1(C(F)(F)F)CC1.CC(C)C1(CO)CC1.CC(C)C1(O)CC1.COC(=O)C1(C(C)C)CC1. The summed E-state index contributed by atoms with van der Waals surface area (Å²) in [7, 11) is 1.46. The molecule has 0 aliphatic heterocycles. The Balaban J connectivity index is 0.000000270. The molecule has 2 N–H and O–H groups in total. The van der Waals surface area contributed by atoms with Crippen molar-refractivity contribution in [2.75, 3.05) is 13.7 Å². The number of carbonyl (C=O) groups is 1. The highest BCUT2D eigenvalue weighted by molar-refractivity contribution is 5.79.